The van der Waals surface area contributed by atoms with Crippen LogP contribution in [0.5, 0.6) is 0 Å². The Morgan fingerprint density at radius 3 is 2.75 bits per heavy atom. The van der Waals surface area contributed by atoms with Crippen molar-refractivity contribution in [2.45, 2.75) is 6.54 Å². The molecule has 0 aliphatic carbocycles. The van der Waals surface area contributed by atoms with Crippen LogP contribution in [0, 0.1) is 5.95 Å². The van der Waals surface area contributed by atoms with Gasteiger partial charge in [0, 0.05) is 49.0 Å². The summed E-state index contributed by atoms with van der Waals surface area (Å²) in [6.45, 7) is 4.71. The molecule has 0 bridgehead atoms. The molecule has 16 heavy (non-hydrogen) atoms. The minimum absolute atomic E-state index is 0.359. The number of aromatic nitrogens is 1. The Hall–Kier alpha value is -0.520. The normalized spacial score (nSPS) is 18.9. The van der Waals surface area contributed by atoms with E-state index in [1.807, 2.05) is 0 Å². The van der Waals surface area contributed by atoms with Crippen LogP contribution in [-0.2, 0) is 6.54 Å². The van der Waals surface area contributed by atoms with Gasteiger partial charge in [-0.25, -0.2) is 4.98 Å². The van der Waals surface area contributed by atoms with E-state index >= 15 is 0 Å². The molecule has 2 heterocycles. The molecule has 0 spiro atoms. The molecule has 1 fully saturated rings. The molecular weight excluding hydrogens is 273 g/mol. The summed E-state index contributed by atoms with van der Waals surface area (Å²) in [6, 6.07) is 1.81. The van der Waals surface area contributed by atoms with Gasteiger partial charge in [0.05, 0.1) is 0 Å². The Kier molecular flexibility index (Phi) is 3.89. The fraction of sp³-hybridized carbons (Fsp3) is 0.545. The van der Waals surface area contributed by atoms with Gasteiger partial charge in [0.25, 0.3) is 0 Å². The summed E-state index contributed by atoms with van der Waals surface area (Å²) in [6.07, 6.45) is 1.49. The van der Waals surface area contributed by atoms with Gasteiger partial charge in [-0.2, -0.15) is 4.39 Å². The highest BCUT2D eigenvalue weighted by Crippen LogP contribution is 2.15. The van der Waals surface area contributed by atoms with Crippen molar-refractivity contribution in [3.63, 3.8) is 0 Å². The second kappa shape index (κ2) is 5.21. The summed E-state index contributed by atoms with van der Waals surface area (Å²) in [4.78, 5) is 8.25. The van der Waals surface area contributed by atoms with Crippen LogP contribution in [-0.4, -0.2) is 48.0 Å². The Bertz CT molecular complexity index is 364. The average Bonchev–Trinajstić information content (AvgIpc) is 2.27. The van der Waals surface area contributed by atoms with Gasteiger partial charge in [-0.05, 0) is 29.0 Å². The fourth-order valence-electron chi connectivity index (χ4n) is 1.82. The second-order valence-corrected chi connectivity index (χ2v) is 5.10. The van der Waals surface area contributed by atoms with Crippen molar-refractivity contribution in [1.29, 1.82) is 0 Å². The first-order valence-electron chi connectivity index (χ1n) is 5.36. The van der Waals surface area contributed by atoms with Crippen molar-refractivity contribution < 1.29 is 4.39 Å². The van der Waals surface area contributed by atoms with Crippen molar-refractivity contribution in [2.75, 3.05) is 33.2 Å². The average molecular weight is 288 g/mol. The first-order chi connectivity index (χ1) is 7.65. The molecule has 5 heteroatoms. The lowest BCUT2D eigenvalue weighted by Gasteiger charge is -2.32. The van der Waals surface area contributed by atoms with Crippen LogP contribution in [0.4, 0.5) is 4.39 Å². The van der Waals surface area contributed by atoms with Gasteiger partial charge in [0.15, 0.2) is 0 Å². The summed E-state index contributed by atoms with van der Waals surface area (Å²) in [5.74, 6) is -0.359. The molecule has 1 aliphatic heterocycles. The van der Waals surface area contributed by atoms with Crippen molar-refractivity contribution >= 4 is 15.9 Å². The maximum absolute atomic E-state index is 13.4. The zero-order valence-corrected chi connectivity index (χ0v) is 10.9. The molecule has 0 saturated carbocycles. The molecule has 1 aromatic heterocycles. The molecule has 0 atom stereocenters. The van der Waals surface area contributed by atoms with Crippen LogP contribution >= 0.6 is 15.9 Å². The first kappa shape index (κ1) is 12.0. The third-order valence-corrected chi connectivity index (χ3v) is 3.30. The van der Waals surface area contributed by atoms with Gasteiger partial charge in [-0.1, -0.05) is 0 Å². The maximum Gasteiger partial charge on any atom is 0.217 e. The van der Waals surface area contributed by atoms with Gasteiger partial charge in [0.2, 0.25) is 5.95 Å². The Morgan fingerprint density at radius 2 is 2.06 bits per heavy atom. The summed E-state index contributed by atoms with van der Waals surface area (Å²) in [7, 11) is 2.11. The Morgan fingerprint density at radius 1 is 1.38 bits per heavy atom. The zero-order valence-electron chi connectivity index (χ0n) is 9.29. The van der Waals surface area contributed by atoms with Crippen molar-refractivity contribution in [3.05, 3.63) is 28.2 Å². The Balaban J connectivity index is 2.00. The third kappa shape index (κ3) is 2.99. The highest BCUT2D eigenvalue weighted by molar-refractivity contribution is 9.10. The van der Waals surface area contributed by atoms with Crippen LogP contribution in [0.2, 0.25) is 0 Å². The lowest BCUT2D eigenvalue weighted by molar-refractivity contribution is 0.146. The van der Waals surface area contributed by atoms with Gasteiger partial charge in [-0.15, -0.1) is 0 Å². The third-order valence-electron chi connectivity index (χ3n) is 2.87. The van der Waals surface area contributed by atoms with Crippen LogP contribution < -0.4 is 0 Å². The van der Waals surface area contributed by atoms with E-state index in [1.165, 1.54) is 6.20 Å². The molecule has 2 rings (SSSR count). The van der Waals surface area contributed by atoms with Gasteiger partial charge in [0.1, 0.15) is 0 Å². The Labute approximate surface area is 103 Å². The number of hydrogen-bond acceptors (Lipinski definition) is 3. The number of pyridine rings is 1. The van der Waals surface area contributed by atoms with Crippen molar-refractivity contribution in [3.8, 4) is 0 Å². The molecular formula is C11H15BrFN3. The lowest BCUT2D eigenvalue weighted by atomic mass is 10.2. The zero-order chi connectivity index (χ0) is 11.5. The number of nitrogens with zero attached hydrogens (tertiary/aromatic N) is 3. The van der Waals surface area contributed by atoms with E-state index in [1.54, 1.807) is 6.07 Å². The van der Waals surface area contributed by atoms with Crippen LogP contribution in [0.25, 0.3) is 0 Å². The minimum Gasteiger partial charge on any atom is -0.304 e. The fourth-order valence-corrected chi connectivity index (χ4v) is 2.20. The minimum atomic E-state index is -0.359. The van der Waals surface area contributed by atoms with E-state index in [2.05, 4.69) is 37.8 Å². The molecule has 1 aliphatic rings. The van der Waals surface area contributed by atoms with Crippen LogP contribution in [0.3, 0.4) is 0 Å². The van der Waals surface area contributed by atoms with Gasteiger partial charge >= 0.3 is 0 Å². The monoisotopic (exact) mass is 287 g/mol. The summed E-state index contributed by atoms with van der Waals surface area (Å²) < 4.78 is 14.3. The van der Waals surface area contributed by atoms with Crippen molar-refractivity contribution in [2.24, 2.45) is 0 Å². The number of likely N-dealkylation sites (N-methyl/N-ethyl adjacent to an activating group) is 1. The molecule has 0 aromatic carbocycles. The summed E-state index contributed by atoms with van der Waals surface area (Å²) in [5, 5.41) is 0. The first-order valence-corrected chi connectivity index (χ1v) is 6.15. The standard InChI is InChI=1S/C11H15BrFN3/c1-15-2-4-16(5-3-15)8-9-6-10(12)7-14-11(9)13/h6-7H,2-5,8H2,1H3. The molecule has 1 aromatic rings. The SMILES string of the molecule is CN1CCN(Cc2cc(Br)cnc2F)CC1. The number of hydrogen-bond donors (Lipinski definition) is 0. The molecule has 0 radical (unpaired) electrons. The predicted molar refractivity (Wildman–Crippen MR) is 64.7 cm³/mol. The highest BCUT2D eigenvalue weighted by atomic mass is 79.9. The van der Waals surface area contributed by atoms with Gasteiger partial charge in [-0.3, -0.25) is 4.90 Å². The topological polar surface area (TPSA) is 19.4 Å². The van der Waals surface area contributed by atoms with E-state index in [0.29, 0.717) is 12.1 Å². The van der Waals surface area contributed by atoms with E-state index < -0.39 is 0 Å². The highest BCUT2D eigenvalue weighted by Gasteiger charge is 2.15. The smallest absolute Gasteiger partial charge is 0.217 e. The number of rotatable bonds is 2. The maximum atomic E-state index is 13.4. The van der Waals surface area contributed by atoms with Crippen LogP contribution in [0.15, 0.2) is 16.7 Å². The lowest BCUT2D eigenvalue weighted by Crippen LogP contribution is -2.44. The molecule has 0 N–H and O–H groups in total. The largest absolute Gasteiger partial charge is 0.304 e. The quantitative estimate of drug-likeness (QED) is 0.773. The molecule has 0 unspecified atom stereocenters. The molecule has 0 amide bonds. The molecule has 3 nitrogen and oxygen atoms in total. The van der Waals surface area contributed by atoms with Crippen LogP contribution in [0.1, 0.15) is 5.56 Å². The van der Waals surface area contributed by atoms with E-state index in [0.717, 1.165) is 30.7 Å². The predicted octanol–water partition coefficient (Wildman–Crippen LogP) is 1.73. The molecule has 88 valence electrons. The van der Waals surface area contributed by atoms with Gasteiger partial charge < -0.3 is 4.90 Å². The summed E-state index contributed by atoms with van der Waals surface area (Å²) >= 11 is 3.31. The number of piperazine rings is 1. The van der Waals surface area contributed by atoms with E-state index in [-0.39, 0.29) is 5.95 Å². The van der Waals surface area contributed by atoms with E-state index in [9.17, 15) is 4.39 Å². The molecule has 1 saturated heterocycles. The number of halogens is 2. The summed E-state index contributed by atoms with van der Waals surface area (Å²) in [5.41, 5.74) is 0.666. The van der Waals surface area contributed by atoms with E-state index in [4.69, 9.17) is 0 Å². The van der Waals surface area contributed by atoms with Crippen molar-refractivity contribution in [1.82, 2.24) is 14.8 Å². The second-order valence-electron chi connectivity index (χ2n) is 4.18.